The fourth-order valence-corrected chi connectivity index (χ4v) is 4.77. The number of nitrogens with one attached hydrogen (secondary N) is 5. The number of amides is 4. The molecule has 9 nitrogen and oxygen atoms in total. The second-order valence-electron chi connectivity index (χ2n) is 11.0. The van der Waals surface area contributed by atoms with E-state index in [-0.39, 0.29) is 42.1 Å². The van der Waals surface area contributed by atoms with Gasteiger partial charge in [0.2, 0.25) is 11.8 Å². The summed E-state index contributed by atoms with van der Waals surface area (Å²) in [7, 11) is 0. The van der Waals surface area contributed by atoms with Gasteiger partial charge in [-0.2, -0.15) is 0 Å². The molecule has 0 radical (unpaired) electrons. The van der Waals surface area contributed by atoms with Gasteiger partial charge in [-0.05, 0) is 61.6 Å². The predicted octanol–water partition coefficient (Wildman–Crippen LogP) is 3.87. The van der Waals surface area contributed by atoms with Crippen molar-refractivity contribution < 1.29 is 19.2 Å². The van der Waals surface area contributed by atoms with Crippen molar-refractivity contribution in [1.29, 1.82) is 0 Å². The number of carbonyl (C=O) groups excluding carboxylic acids is 4. The molecule has 0 spiro atoms. The van der Waals surface area contributed by atoms with E-state index in [2.05, 4.69) is 26.6 Å². The molecule has 0 aliphatic carbocycles. The summed E-state index contributed by atoms with van der Waals surface area (Å²) in [5.74, 6) is -1.29. The van der Waals surface area contributed by atoms with Crippen molar-refractivity contribution in [2.45, 2.75) is 58.8 Å². The zero-order valence-electron chi connectivity index (χ0n) is 25.7. The number of likely N-dealkylation sites (N-methyl/N-ethyl adjacent to an activating group) is 1. The molecule has 10 heteroatoms. The number of benzene rings is 3. The SMILES string of the molecule is CCNC(=O)[C@@H](NC(=O)[C@H](C)NC[C@H](Cc1ccccc1)NC(=O)c1cccc(C(=O)NCc2ccccc2Cl)c1)C(C)C. The smallest absolute Gasteiger partial charge is 0.251 e. The summed E-state index contributed by atoms with van der Waals surface area (Å²) < 4.78 is 0. The molecular formula is C34H42ClN5O4. The molecule has 3 aromatic carbocycles. The van der Waals surface area contributed by atoms with E-state index in [0.29, 0.717) is 35.7 Å². The first-order chi connectivity index (χ1) is 21.1. The molecule has 0 saturated heterocycles. The van der Waals surface area contributed by atoms with Crippen LogP contribution in [0.4, 0.5) is 0 Å². The topological polar surface area (TPSA) is 128 Å². The van der Waals surface area contributed by atoms with Gasteiger partial charge in [0, 0.05) is 41.8 Å². The summed E-state index contributed by atoms with van der Waals surface area (Å²) in [4.78, 5) is 51.6. The molecule has 234 valence electrons. The van der Waals surface area contributed by atoms with Crippen molar-refractivity contribution in [2.24, 2.45) is 5.92 Å². The Morgan fingerprint density at radius 1 is 0.750 bits per heavy atom. The van der Waals surface area contributed by atoms with Crippen LogP contribution in [0.15, 0.2) is 78.9 Å². The number of hydrogen-bond donors (Lipinski definition) is 5. The number of rotatable bonds is 15. The van der Waals surface area contributed by atoms with E-state index in [1.54, 1.807) is 37.3 Å². The van der Waals surface area contributed by atoms with Crippen LogP contribution in [0.5, 0.6) is 0 Å². The summed E-state index contributed by atoms with van der Waals surface area (Å²) in [6, 6.07) is 21.8. The maximum absolute atomic E-state index is 13.4. The molecular weight excluding hydrogens is 578 g/mol. The lowest BCUT2D eigenvalue weighted by Crippen LogP contribution is -2.55. The maximum atomic E-state index is 13.4. The van der Waals surface area contributed by atoms with E-state index < -0.39 is 12.1 Å². The van der Waals surface area contributed by atoms with Gasteiger partial charge in [-0.25, -0.2) is 0 Å². The molecule has 5 N–H and O–H groups in total. The molecule has 0 aromatic heterocycles. The van der Waals surface area contributed by atoms with E-state index in [0.717, 1.165) is 11.1 Å². The van der Waals surface area contributed by atoms with Crippen LogP contribution < -0.4 is 26.6 Å². The molecule has 3 rings (SSSR count). The fourth-order valence-electron chi connectivity index (χ4n) is 4.57. The van der Waals surface area contributed by atoms with Crippen molar-refractivity contribution in [3.05, 3.63) is 106 Å². The lowest BCUT2D eigenvalue weighted by Gasteiger charge is -2.25. The van der Waals surface area contributed by atoms with Crippen LogP contribution in [-0.2, 0) is 22.6 Å². The van der Waals surface area contributed by atoms with Gasteiger partial charge < -0.3 is 26.6 Å². The van der Waals surface area contributed by atoms with E-state index in [1.807, 2.05) is 69.3 Å². The standard InChI is InChI=1S/C34H42ClN5O4/c1-5-36-34(44)30(22(2)3)40-31(41)23(4)37-21-28(18-24-12-7-6-8-13-24)39-33(43)26-16-11-15-25(19-26)32(42)38-20-27-14-9-10-17-29(27)35/h6-17,19,22-23,28,30,37H,5,18,20-21H2,1-4H3,(H,36,44)(H,38,42)(H,39,43)(H,40,41)/t23-,28-,30-/m0/s1. The highest BCUT2D eigenvalue weighted by atomic mass is 35.5. The predicted molar refractivity (Wildman–Crippen MR) is 173 cm³/mol. The lowest BCUT2D eigenvalue weighted by molar-refractivity contribution is -0.130. The minimum Gasteiger partial charge on any atom is -0.355 e. The zero-order valence-corrected chi connectivity index (χ0v) is 26.4. The maximum Gasteiger partial charge on any atom is 0.251 e. The highest BCUT2D eigenvalue weighted by Gasteiger charge is 2.26. The minimum absolute atomic E-state index is 0.0863. The van der Waals surface area contributed by atoms with E-state index >= 15 is 0 Å². The Morgan fingerprint density at radius 3 is 2.07 bits per heavy atom. The van der Waals surface area contributed by atoms with E-state index in [9.17, 15) is 19.2 Å². The Balaban J connectivity index is 1.66. The summed E-state index contributed by atoms with van der Waals surface area (Å²) in [5.41, 5.74) is 2.49. The summed E-state index contributed by atoms with van der Waals surface area (Å²) in [5, 5.41) is 15.3. The van der Waals surface area contributed by atoms with Crippen LogP contribution in [0, 0.1) is 5.92 Å². The third kappa shape index (κ3) is 10.5. The van der Waals surface area contributed by atoms with Gasteiger partial charge in [-0.15, -0.1) is 0 Å². The monoisotopic (exact) mass is 619 g/mol. The molecule has 3 aromatic rings. The third-order valence-electron chi connectivity index (χ3n) is 7.11. The largest absolute Gasteiger partial charge is 0.355 e. The van der Waals surface area contributed by atoms with Crippen LogP contribution in [0.2, 0.25) is 5.02 Å². The first-order valence-electron chi connectivity index (χ1n) is 14.9. The molecule has 0 aliphatic heterocycles. The van der Waals surface area contributed by atoms with Gasteiger partial charge in [0.25, 0.3) is 11.8 Å². The zero-order chi connectivity index (χ0) is 32.1. The first-order valence-corrected chi connectivity index (χ1v) is 15.2. The van der Waals surface area contributed by atoms with Gasteiger partial charge in [0.15, 0.2) is 0 Å². The highest BCUT2D eigenvalue weighted by molar-refractivity contribution is 6.31. The molecule has 0 unspecified atom stereocenters. The lowest BCUT2D eigenvalue weighted by atomic mass is 10.0. The third-order valence-corrected chi connectivity index (χ3v) is 7.47. The molecule has 0 bridgehead atoms. The Morgan fingerprint density at radius 2 is 1.41 bits per heavy atom. The molecule has 3 atom stereocenters. The second kappa shape index (κ2) is 17.2. The molecule has 0 saturated carbocycles. The Labute approximate surface area is 264 Å². The van der Waals surface area contributed by atoms with Gasteiger partial charge in [-0.3, -0.25) is 19.2 Å². The van der Waals surface area contributed by atoms with E-state index in [4.69, 9.17) is 11.6 Å². The van der Waals surface area contributed by atoms with Crippen molar-refractivity contribution in [3.8, 4) is 0 Å². The van der Waals surface area contributed by atoms with Gasteiger partial charge in [0.1, 0.15) is 6.04 Å². The molecule has 0 heterocycles. The second-order valence-corrected chi connectivity index (χ2v) is 11.4. The van der Waals surface area contributed by atoms with Crippen LogP contribution in [-0.4, -0.2) is 54.8 Å². The Hall–Kier alpha value is -4.21. The van der Waals surface area contributed by atoms with Crippen molar-refractivity contribution in [1.82, 2.24) is 26.6 Å². The Kier molecular flexibility index (Phi) is 13.4. The molecule has 4 amide bonds. The molecule has 44 heavy (non-hydrogen) atoms. The van der Waals surface area contributed by atoms with Crippen molar-refractivity contribution in [2.75, 3.05) is 13.1 Å². The van der Waals surface area contributed by atoms with Crippen molar-refractivity contribution >= 4 is 35.2 Å². The van der Waals surface area contributed by atoms with E-state index in [1.165, 1.54) is 0 Å². The number of halogens is 1. The van der Waals surface area contributed by atoms with Crippen LogP contribution in [0.25, 0.3) is 0 Å². The van der Waals surface area contributed by atoms with Gasteiger partial charge >= 0.3 is 0 Å². The molecule has 0 fully saturated rings. The fraction of sp³-hybridized carbons (Fsp3) is 0.353. The van der Waals surface area contributed by atoms with Gasteiger partial charge in [-0.1, -0.05) is 80.0 Å². The number of hydrogen-bond acceptors (Lipinski definition) is 5. The average molecular weight is 620 g/mol. The van der Waals surface area contributed by atoms with Gasteiger partial charge in [0.05, 0.1) is 6.04 Å². The number of carbonyl (C=O) groups is 4. The summed E-state index contributed by atoms with van der Waals surface area (Å²) in [6.07, 6.45) is 0.513. The Bertz CT molecular complexity index is 1420. The van der Waals surface area contributed by atoms with Crippen LogP contribution in [0.1, 0.15) is 59.5 Å². The van der Waals surface area contributed by atoms with Crippen LogP contribution in [0.3, 0.4) is 0 Å². The highest BCUT2D eigenvalue weighted by Crippen LogP contribution is 2.15. The summed E-state index contributed by atoms with van der Waals surface area (Å²) in [6.45, 7) is 8.32. The molecule has 0 aliphatic rings. The average Bonchev–Trinajstić information content (AvgIpc) is 3.02. The summed E-state index contributed by atoms with van der Waals surface area (Å²) >= 11 is 6.20. The minimum atomic E-state index is -0.652. The van der Waals surface area contributed by atoms with Crippen LogP contribution >= 0.6 is 11.6 Å². The quantitative estimate of drug-likeness (QED) is 0.176. The normalized spacial score (nSPS) is 13.0. The first kappa shape index (κ1) is 34.3. The van der Waals surface area contributed by atoms with Crippen molar-refractivity contribution in [3.63, 3.8) is 0 Å².